The molecule has 40 heavy (non-hydrogen) atoms. The Bertz CT molecular complexity index is 1380. The van der Waals surface area contributed by atoms with Crippen molar-refractivity contribution < 1.29 is 4.79 Å². The van der Waals surface area contributed by atoms with Crippen molar-refractivity contribution in [3.8, 4) is 11.3 Å². The molecule has 1 fully saturated rings. The largest absolute Gasteiger partial charge is 0.353 e. The Morgan fingerprint density at radius 1 is 1.18 bits per heavy atom. The molecule has 0 atom stereocenters. The molecule has 2 aromatic heterocycles. The van der Waals surface area contributed by atoms with Gasteiger partial charge in [-0.2, -0.15) is 0 Å². The highest BCUT2D eigenvalue weighted by Gasteiger charge is 2.21. The molecule has 1 saturated heterocycles. The van der Waals surface area contributed by atoms with Gasteiger partial charge in [-0.05, 0) is 42.7 Å². The maximum absolute atomic E-state index is 12.6. The van der Waals surface area contributed by atoms with Gasteiger partial charge in [0.15, 0.2) is 4.34 Å². The topological polar surface area (TPSA) is 77.2 Å². The molecule has 214 valence electrons. The number of H-pyrrole nitrogens is 1. The first-order valence-corrected chi connectivity index (χ1v) is 14.9. The normalized spacial score (nSPS) is 13.8. The Labute approximate surface area is 264 Å². The highest BCUT2D eigenvalue weighted by molar-refractivity contribution is 8.01. The van der Waals surface area contributed by atoms with Crippen LogP contribution in [0.1, 0.15) is 18.4 Å². The number of hydrogen-bond donors (Lipinski definition) is 2. The molecule has 1 aliphatic rings. The summed E-state index contributed by atoms with van der Waals surface area (Å²) in [6.45, 7) is 2.70. The molecule has 1 amide bonds. The molecule has 0 aliphatic carbocycles. The fourth-order valence-electron chi connectivity index (χ4n) is 4.43. The third kappa shape index (κ3) is 8.52. The first kappa shape index (κ1) is 32.5. The highest BCUT2D eigenvalue weighted by atomic mass is 35.5. The van der Waals surface area contributed by atoms with E-state index in [1.807, 2.05) is 41.6 Å². The minimum absolute atomic E-state index is 0. The van der Waals surface area contributed by atoms with Gasteiger partial charge < -0.3 is 15.2 Å². The lowest BCUT2D eigenvalue weighted by Gasteiger charge is -2.32. The van der Waals surface area contributed by atoms with Crippen LogP contribution in [0.15, 0.2) is 64.7 Å². The van der Waals surface area contributed by atoms with Crippen LogP contribution in [0.3, 0.4) is 0 Å². The molecule has 0 spiro atoms. The number of halogens is 4. The summed E-state index contributed by atoms with van der Waals surface area (Å²) in [5.41, 5.74) is 4.13. The second-order valence-corrected chi connectivity index (χ2v) is 12.1. The summed E-state index contributed by atoms with van der Waals surface area (Å²) < 4.78 is 0.888. The second-order valence-electron chi connectivity index (χ2n) is 9.20. The van der Waals surface area contributed by atoms with Crippen molar-refractivity contribution in [3.05, 3.63) is 76.0 Å². The van der Waals surface area contributed by atoms with E-state index in [9.17, 15) is 4.79 Å². The van der Waals surface area contributed by atoms with Crippen molar-refractivity contribution in [3.63, 3.8) is 0 Å². The number of likely N-dealkylation sites (tertiary alicyclic amines) is 1. The van der Waals surface area contributed by atoms with Crippen LogP contribution in [0.4, 0.5) is 11.5 Å². The fourth-order valence-corrected chi connectivity index (χ4v) is 6.40. The van der Waals surface area contributed by atoms with Crippen LogP contribution < -0.4 is 10.2 Å². The van der Waals surface area contributed by atoms with Gasteiger partial charge in [0.1, 0.15) is 5.82 Å². The van der Waals surface area contributed by atoms with Gasteiger partial charge in [-0.1, -0.05) is 53.2 Å². The van der Waals surface area contributed by atoms with Gasteiger partial charge in [0, 0.05) is 49.4 Å². The summed E-state index contributed by atoms with van der Waals surface area (Å²) >= 11 is 15.2. The van der Waals surface area contributed by atoms with Crippen LogP contribution in [0.25, 0.3) is 11.3 Å². The lowest BCUT2D eigenvalue weighted by atomic mass is 10.0. The lowest BCUT2D eigenvalue weighted by molar-refractivity contribution is -0.119. The zero-order valence-electron chi connectivity index (χ0n) is 21.7. The summed E-state index contributed by atoms with van der Waals surface area (Å²) in [5, 5.41) is 6.40. The smallest absolute Gasteiger partial charge is 0.230 e. The van der Waals surface area contributed by atoms with Crippen LogP contribution in [-0.2, 0) is 11.3 Å². The van der Waals surface area contributed by atoms with Crippen molar-refractivity contribution in [2.75, 3.05) is 30.8 Å². The standard InChI is InChI=1S/C27H28Cl2N6OS2.2ClH/c1-34(25-13-30-17-31-25)21-4-2-3-19(12-21)24-15-37-27(33-24)38-16-26(36)32-20-7-9-35(10-8-20)14-18-5-6-22(28)23(29)11-18;;/h2-6,11-13,15,17,20H,7-10,14,16H2,1H3,(H,30,31)(H,32,36);2*1H. The van der Waals surface area contributed by atoms with E-state index in [0.717, 1.165) is 65.1 Å². The number of thiazole rings is 1. The summed E-state index contributed by atoms with van der Waals surface area (Å²) in [6, 6.07) is 14.2. The Kier molecular flexibility index (Phi) is 12.4. The molecule has 0 bridgehead atoms. The number of carbonyl (C=O) groups is 1. The minimum atomic E-state index is 0. The zero-order valence-corrected chi connectivity index (χ0v) is 26.5. The molecule has 13 heteroatoms. The number of nitrogens with zero attached hydrogens (tertiary/aromatic N) is 4. The molecular weight excluding hydrogens is 630 g/mol. The third-order valence-corrected chi connectivity index (χ3v) is 9.29. The molecule has 5 rings (SSSR count). The SMILES string of the molecule is CN(c1cccc(-c2csc(SCC(=O)NC3CCN(Cc4ccc(Cl)c(Cl)c4)CC3)n2)c1)c1cnc[nH]1.Cl.Cl. The van der Waals surface area contributed by atoms with Crippen LogP contribution in [0.2, 0.25) is 10.0 Å². The van der Waals surface area contributed by atoms with Gasteiger partial charge in [-0.15, -0.1) is 36.2 Å². The van der Waals surface area contributed by atoms with E-state index in [1.165, 1.54) is 11.8 Å². The van der Waals surface area contributed by atoms with Crippen molar-refractivity contribution in [2.45, 2.75) is 29.8 Å². The van der Waals surface area contributed by atoms with Gasteiger partial charge in [0.2, 0.25) is 5.91 Å². The number of benzene rings is 2. The number of amides is 1. The van der Waals surface area contributed by atoms with Gasteiger partial charge in [-0.3, -0.25) is 9.69 Å². The number of aromatic amines is 1. The van der Waals surface area contributed by atoms with E-state index in [-0.39, 0.29) is 36.8 Å². The average molecular weight is 661 g/mol. The van der Waals surface area contributed by atoms with Crippen molar-refractivity contribution in [1.29, 1.82) is 0 Å². The first-order valence-electron chi connectivity index (χ1n) is 12.3. The van der Waals surface area contributed by atoms with Crippen LogP contribution in [0, 0.1) is 0 Å². The summed E-state index contributed by atoms with van der Waals surface area (Å²) in [4.78, 5) is 29.0. The molecular formula is C27H30Cl4N6OS2. The predicted molar refractivity (Wildman–Crippen MR) is 172 cm³/mol. The number of piperidine rings is 1. The number of aromatic nitrogens is 3. The van der Waals surface area contributed by atoms with Crippen LogP contribution >= 0.6 is 71.1 Å². The first-order chi connectivity index (χ1) is 18.4. The summed E-state index contributed by atoms with van der Waals surface area (Å²) in [7, 11) is 1.99. The fraction of sp³-hybridized carbons (Fsp3) is 0.296. The van der Waals surface area contributed by atoms with E-state index in [4.69, 9.17) is 28.2 Å². The van der Waals surface area contributed by atoms with Crippen molar-refractivity contribution >= 4 is 88.5 Å². The number of hydrogen-bond acceptors (Lipinski definition) is 7. The Morgan fingerprint density at radius 2 is 1.98 bits per heavy atom. The maximum Gasteiger partial charge on any atom is 0.230 e. The number of thioether (sulfide) groups is 1. The summed E-state index contributed by atoms with van der Waals surface area (Å²) in [6.07, 6.45) is 5.32. The monoisotopic (exact) mass is 658 g/mol. The highest BCUT2D eigenvalue weighted by Crippen LogP contribution is 2.31. The van der Waals surface area contributed by atoms with E-state index in [2.05, 4.69) is 38.4 Å². The average Bonchev–Trinajstić information content (AvgIpc) is 3.63. The zero-order chi connectivity index (χ0) is 26.5. The number of imidazole rings is 1. The number of carbonyl (C=O) groups excluding carboxylic acids is 1. The number of rotatable bonds is 9. The minimum Gasteiger partial charge on any atom is -0.353 e. The van der Waals surface area contributed by atoms with E-state index >= 15 is 0 Å². The van der Waals surface area contributed by atoms with Crippen molar-refractivity contribution in [2.24, 2.45) is 0 Å². The number of nitrogens with one attached hydrogen (secondary N) is 2. The molecule has 3 heterocycles. The molecule has 4 aromatic rings. The number of anilines is 2. The predicted octanol–water partition coefficient (Wildman–Crippen LogP) is 7.32. The molecule has 2 aromatic carbocycles. The second kappa shape index (κ2) is 15.3. The third-order valence-electron chi connectivity index (χ3n) is 6.53. The molecule has 1 aliphatic heterocycles. The van der Waals surface area contributed by atoms with E-state index < -0.39 is 0 Å². The lowest BCUT2D eigenvalue weighted by Crippen LogP contribution is -2.44. The van der Waals surface area contributed by atoms with Crippen LogP contribution in [-0.4, -0.2) is 57.7 Å². The van der Waals surface area contributed by atoms with Gasteiger partial charge in [-0.25, -0.2) is 9.97 Å². The van der Waals surface area contributed by atoms with Crippen molar-refractivity contribution in [1.82, 2.24) is 25.2 Å². The Hall–Kier alpha value is -1.98. The molecule has 0 saturated carbocycles. The van der Waals surface area contributed by atoms with E-state index in [0.29, 0.717) is 15.8 Å². The molecule has 0 unspecified atom stereocenters. The Balaban J connectivity index is 0.00000220. The Morgan fingerprint density at radius 3 is 2.70 bits per heavy atom. The van der Waals surface area contributed by atoms with Crippen LogP contribution in [0.5, 0.6) is 0 Å². The van der Waals surface area contributed by atoms with Gasteiger partial charge in [0.25, 0.3) is 0 Å². The van der Waals surface area contributed by atoms with E-state index in [1.54, 1.807) is 23.9 Å². The molecule has 7 nitrogen and oxygen atoms in total. The summed E-state index contributed by atoms with van der Waals surface area (Å²) in [5.74, 6) is 1.33. The van der Waals surface area contributed by atoms with Gasteiger partial charge >= 0.3 is 0 Å². The molecule has 0 radical (unpaired) electrons. The quantitative estimate of drug-likeness (QED) is 0.183. The maximum atomic E-state index is 12.6. The van der Waals surface area contributed by atoms with Gasteiger partial charge in [0.05, 0.1) is 34.0 Å². The molecule has 2 N–H and O–H groups in total.